The van der Waals surface area contributed by atoms with Gasteiger partial charge in [-0.05, 0) is 30.7 Å². The summed E-state index contributed by atoms with van der Waals surface area (Å²) in [7, 11) is 0. The lowest BCUT2D eigenvalue weighted by Gasteiger charge is -2.30. The number of fused-ring (bicyclic) bond motifs is 2. The standard InChI is InChI=1S/C15H12N2O3S/c1-9-3-5-12-14(7-9)21-15-8-11(17(19)20)4-6-13(15)16(12)10(2)18/h3-8H,1-2H3. The van der Waals surface area contributed by atoms with Gasteiger partial charge in [-0.25, -0.2) is 0 Å². The molecule has 0 saturated heterocycles. The van der Waals surface area contributed by atoms with Crippen LogP contribution in [0.3, 0.4) is 0 Å². The fourth-order valence-electron chi connectivity index (χ4n) is 2.36. The van der Waals surface area contributed by atoms with Crippen LogP contribution >= 0.6 is 11.8 Å². The Bertz CT molecular complexity index is 774. The van der Waals surface area contributed by atoms with Crippen LogP contribution in [0.2, 0.25) is 0 Å². The lowest BCUT2D eigenvalue weighted by atomic mass is 10.1. The molecule has 0 atom stereocenters. The molecule has 2 aromatic carbocycles. The molecule has 0 aliphatic carbocycles. The Hall–Kier alpha value is -2.34. The Morgan fingerprint density at radius 2 is 1.76 bits per heavy atom. The molecule has 1 aliphatic heterocycles. The fourth-order valence-corrected chi connectivity index (χ4v) is 3.55. The van der Waals surface area contributed by atoms with Gasteiger partial charge in [0.05, 0.1) is 16.3 Å². The molecule has 106 valence electrons. The van der Waals surface area contributed by atoms with E-state index in [1.54, 1.807) is 11.0 Å². The van der Waals surface area contributed by atoms with E-state index in [0.29, 0.717) is 5.69 Å². The van der Waals surface area contributed by atoms with Crippen LogP contribution in [0.5, 0.6) is 0 Å². The molecule has 1 amide bonds. The van der Waals surface area contributed by atoms with Crippen molar-refractivity contribution in [2.75, 3.05) is 4.90 Å². The van der Waals surface area contributed by atoms with Gasteiger partial charge in [0.15, 0.2) is 0 Å². The highest BCUT2D eigenvalue weighted by Gasteiger charge is 2.27. The van der Waals surface area contributed by atoms with Gasteiger partial charge in [-0.2, -0.15) is 0 Å². The van der Waals surface area contributed by atoms with Crippen LogP contribution in [0.1, 0.15) is 12.5 Å². The number of nitro groups is 1. The van der Waals surface area contributed by atoms with Gasteiger partial charge < -0.3 is 0 Å². The molecule has 1 aliphatic rings. The number of rotatable bonds is 1. The maximum atomic E-state index is 12.0. The maximum absolute atomic E-state index is 12.0. The fraction of sp³-hybridized carbons (Fsp3) is 0.133. The first-order valence-corrected chi connectivity index (χ1v) is 7.16. The highest BCUT2D eigenvalue weighted by molar-refractivity contribution is 7.99. The molecule has 0 saturated carbocycles. The number of hydrogen-bond donors (Lipinski definition) is 0. The maximum Gasteiger partial charge on any atom is 0.270 e. The molecular weight excluding hydrogens is 288 g/mol. The molecule has 2 aromatic rings. The van der Waals surface area contributed by atoms with E-state index in [1.165, 1.54) is 30.8 Å². The summed E-state index contributed by atoms with van der Waals surface area (Å²) in [5.74, 6) is -0.115. The second-order valence-corrected chi connectivity index (χ2v) is 5.92. The summed E-state index contributed by atoms with van der Waals surface area (Å²) < 4.78 is 0. The Balaban J connectivity index is 2.20. The van der Waals surface area contributed by atoms with Crippen molar-refractivity contribution in [1.82, 2.24) is 0 Å². The number of amides is 1. The SMILES string of the molecule is CC(=O)N1c2ccc(C)cc2Sc2cc([N+](=O)[O-])ccc21. The minimum atomic E-state index is -0.426. The lowest BCUT2D eigenvalue weighted by molar-refractivity contribution is -0.385. The highest BCUT2D eigenvalue weighted by atomic mass is 32.2. The largest absolute Gasteiger partial charge is 0.279 e. The Labute approximate surface area is 125 Å². The molecule has 0 bridgehead atoms. The summed E-state index contributed by atoms with van der Waals surface area (Å²) in [6, 6.07) is 10.4. The van der Waals surface area contributed by atoms with Crippen LogP contribution < -0.4 is 4.90 Å². The second kappa shape index (κ2) is 4.89. The van der Waals surface area contributed by atoms with Gasteiger partial charge in [-0.1, -0.05) is 17.8 Å². The molecule has 0 spiro atoms. The van der Waals surface area contributed by atoms with Crippen LogP contribution in [0, 0.1) is 17.0 Å². The third kappa shape index (κ3) is 2.27. The topological polar surface area (TPSA) is 63.5 Å². The summed E-state index contributed by atoms with van der Waals surface area (Å²) >= 11 is 1.45. The quantitative estimate of drug-likeness (QED) is 0.588. The van der Waals surface area contributed by atoms with Crippen molar-refractivity contribution < 1.29 is 9.72 Å². The summed E-state index contributed by atoms with van der Waals surface area (Å²) in [6.07, 6.45) is 0. The van der Waals surface area contributed by atoms with Crippen molar-refractivity contribution in [3.63, 3.8) is 0 Å². The first-order valence-electron chi connectivity index (χ1n) is 6.35. The Kier molecular flexibility index (Phi) is 3.17. The third-order valence-corrected chi connectivity index (χ3v) is 4.38. The second-order valence-electron chi connectivity index (χ2n) is 4.84. The highest BCUT2D eigenvalue weighted by Crippen LogP contribution is 2.49. The zero-order valence-electron chi connectivity index (χ0n) is 11.5. The van der Waals surface area contributed by atoms with Crippen LogP contribution in [0.15, 0.2) is 46.2 Å². The smallest absolute Gasteiger partial charge is 0.270 e. The van der Waals surface area contributed by atoms with E-state index >= 15 is 0 Å². The van der Waals surface area contributed by atoms with Gasteiger partial charge in [0.25, 0.3) is 5.69 Å². The summed E-state index contributed by atoms with van der Waals surface area (Å²) in [6.45, 7) is 3.47. The third-order valence-electron chi connectivity index (χ3n) is 3.29. The van der Waals surface area contributed by atoms with Crippen molar-refractivity contribution in [3.8, 4) is 0 Å². The number of benzene rings is 2. The number of non-ortho nitro benzene ring substituents is 1. The van der Waals surface area contributed by atoms with E-state index in [-0.39, 0.29) is 11.6 Å². The van der Waals surface area contributed by atoms with Crippen molar-refractivity contribution in [2.24, 2.45) is 0 Å². The van der Waals surface area contributed by atoms with E-state index in [1.807, 2.05) is 25.1 Å². The molecule has 0 N–H and O–H groups in total. The minimum Gasteiger partial charge on any atom is -0.279 e. The van der Waals surface area contributed by atoms with Gasteiger partial charge in [0.2, 0.25) is 5.91 Å². The van der Waals surface area contributed by atoms with E-state index in [2.05, 4.69) is 0 Å². The molecule has 0 aromatic heterocycles. The lowest BCUT2D eigenvalue weighted by Crippen LogP contribution is -2.25. The average molecular weight is 300 g/mol. The number of carbonyl (C=O) groups is 1. The molecule has 5 nitrogen and oxygen atoms in total. The predicted molar refractivity (Wildman–Crippen MR) is 81.2 cm³/mol. The molecule has 3 rings (SSSR count). The zero-order chi connectivity index (χ0) is 15.1. The summed E-state index contributed by atoms with van der Waals surface area (Å²) in [5, 5.41) is 10.9. The summed E-state index contributed by atoms with van der Waals surface area (Å²) in [5.41, 5.74) is 2.62. The van der Waals surface area contributed by atoms with Gasteiger partial charge in [0, 0.05) is 28.8 Å². The van der Waals surface area contributed by atoms with Crippen molar-refractivity contribution in [1.29, 1.82) is 0 Å². The predicted octanol–water partition coefficient (Wildman–Crippen LogP) is 4.05. The van der Waals surface area contributed by atoms with E-state index < -0.39 is 4.92 Å². The Morgan fingerprint density at radius 3 is 2.38 bits per heavy atom. The van der Waals surface area contributed by atoms with E-state index in [4.69, 9.17) is 0 Å². The molecular formula is C15H12N2O3S. The van der Waals surface area contributed by atoms with Gasteiger partial charge in [0.1, 0.15) is 0 Å². The number of anilines is 2. The van der Waals surface area contributed by atoms with Gasteiger partial charge in [-0.15, -0.1) is 0 Å². The molecule has 1 heterocycles. The molecule has 21 heavy (non-hydrogen) atoms. The zero-order valence-corrected chi connectivity index (χ0v) is 12.3. The van der Waals surface area contributed by atoms with Crippen LogP contribution in [-0.2, 0) is 4.79 Å². The van der Waals surface area contributed by atoms with Crippen LogP contribution in [0.4, 0.5) is 17.1 Å². The number of nitrogens with zero attached hydrogens (tertiary/aromatic N) is 2. The minimum absolute atomic E-state index is 0.0286. The number of aryl methyl sites for hydroxylation is 1. The van der Waals surface area contributed by atoms with E-state index in [9.17, 15) is 14.9 Å². The van der Waals surface area contributed by atoms with Crippen LogP contribution in [0.25, 0.3) is 0 Å². The van der Waals surface area contributed by atoms with Crippen molar-refractivity contribution in [2.45, 2.75) is 23.6 Å². The monoisotopic (exact) mass is 300 g/mol. The van der Waals surface area contributed by atoms with Gasteiger partial charge in [-0.3, -0.25) is 19.8 Å². The normalized spacial score (nSPS) is 12.6. The molecule has 6 heteroatoms. The summed E-state index contributed by atoms with van der Waals surface area (Å²) in [4.78, 5) is 25.8. The van der Waals surface area contributed by atoms with Crippen LogP contribution in [-0.4, -0.2) is 10.8 Å². The van der Waals surface area contributed by atoms with Crippen molar-refractivity contribution >= 4 is 34.7 Å². The van der Waals surface area contributed by atoms with Crippen molar-refractivity contribution in [3.05, 3.63) is 52.1 Å². The first kappa shape index (κ1) is 13.6. The number of nitro benzene ring substituents is 1. The molecule has 0 unspecified atom stereocenters. The van der Waals surface area contributed by atoms with E-state index in [0.717, 1.165) is 21.0 Å². The molecule has 0 radical (unpaired) electrons. The first-order chi connectivity index (χ1) is 9.97. The molecule has 0 fully saturated rings. The Morgan fingerprint density at radius 1 is 1.14 bits per heavy atom. The van der Waals surface area contributed by atoms with Gasteiger partial charge >= 0.3 is 0 Å². The number of hydrogen-bond acceptors (Lipinski definition) is 4. The number of carbonyl (C=O) groups excluding carboxylic acids is 1. The average Bonchev–Trinajstić information content (AvgIpc) is 2.43.